The topological polar surface area (TPSA) is 105 Å². The number of hydrogen-bond acceptors (Lipinski definition) is 9. The summed E-state index contributed by atoms with van der Waals surface area (Å²) in [4.78, 5) is 21.2. The van der Waals surface area contributed by atoms with Crippen LogP contribution in [0.1, 0.15) is 38.7 Å². The molecule has 1 unspecified atom stereocenters. The fourth-order valence-electron chi connectivity index (χ4n) is 5.81. The zero-order chi connectivity index (χ0) is 38.5. The molecule has 14 heteroatoms. The number of nitrogens with zero attached hydrogens (tertiary/aromatic N) is 8. The van der Waals surface area contributed by atoms with Gasteiger partial charge in [0.05, 0.1) is 30.2 Å². The Kier molecular flexibility index (Phi) is 7.98. The van der Waals surface area contributed by atoms with Gasteiger partial charge in [-0.2, -0.15) is 10.2 Å². The van der Waals surface area contributed by atoms with Gasteiger partial charge in [0.2, 0.25) is 5.79 Å². The van der Waals surface area contributed by atoms with Gasteiger partial charge in [-0.15, -0.1) is 0 Å². The lowest BCUT2D eigenvalue weighted by atomic mass is 10.1. The zero-order valence-electron chi connectivity index (χ0n) is 31.9. The van der Waals surface area contributed by atoms with E-state index in [4.69, 9.17) is 44.3 Å². The lowest BCUT2D eigenvalue weighted by Gasteiger charge is -2.37. The molecule has 2 fully saturated rings. The molecule has 49 heavy (non-hydrogen) atoms. The number of rotatable bonds is 11. The van der Waals surface area contributed by atoms with Gasteiger partial charge in [0.25, 0.3) is 0 Å². The van der Waals surface area contributed by atoms with Crippen LogP contribution in [0.3, 0.4) is 0 Å². The van der Waals surface area contributed by atoms with Crippen molar-refractivity contribution < 1.29 is 21.1 Å². The number of anilines is 2. The summed E-state index contributed by atoms with van der Waals surface area (Å²) in [6, 6.07) is 18.9. The van der Waals surface area contributed by atoms with E-state index in [-0.39, 0.29) is 34.6 Å². The number of hydrogen-bond donors (Lipinski definition) is 0. The first-order chi connectivity index (χ1) is 25.6. The number of piperazine rings is 1. The maximum absolute atomic E-state index is 12.8. The van der Waals surface area contributed by atoms with E-state index in [1.54, 1.807) is 35.2 Å². The van der Waals surface area contributed by atoms with Gasteiger partial charge >= 0.3 is 5.69 Å². The highest BCUT2D eigenvalue weighted by atomic mass is 35.5. The summed E-state index contributed by atoms with van der Waals surface area (Å²) in [6.07, 6.45) is 1.92. The Morgan fingerprint density at radius 3 is 2.31 bits per heavy atom. The van der Waals surface area contributed by atoms with E-state index < -0.39 is 25.0 Å². The van der Waals surface area contributed by atoms with Gasteiger partial charge in [-0.05, 0) is 74.0 Å². The van der Waals surface area contributed by atoms with Crippen molar-refractivity contribution in [3.63, 3.8) is 0 Å². The first kappa shape index (κ1) is 27.5. The molecule has 2 aliphatic rings. The molecule has 3 aromatic carbocycles. The predicted molar refractivity (Wildman–Crippen MR) is 188 cm³/mol. The van der Waals surface area contributed by atoms with Gasteiger partial charge in [0.1, 0.15) is 43.9 Å². The van der Waals surface area contributed by atoms with Gasteiger partial charge in [-0.1, -0.05) is 36.2 Å². The Hall–Kier alpha value is -4.36. The van der Waals surface area contributed by atoms with Crippen molar-refractivity contribution in [2.24, 2.45) is 0 Å². The van der Waals surface area contributed by atoms with E-state index in [9.17, 15) is 4.79 Å². The molecule has 0 saturated carbocycles. The van der Waals surface area contributed by atoms with Gasteiger partial charge in [-0.25, -0.2) is 23.7 Å². The molecule has 0 N–H and O–H groups in total. The van der Waals surface area contributed by atoms with Crippen LogP contribution >= 0.6 is 23.2 Å². The highest BCUT2D eigenvalue weighted by Crippen LogP contribution is 2.40. The van der Waals surface area contributed by atoms with E-state index in [1.165, 1.54) is 40.2 Å². The molecule has 5 aromatic rings. The molecule has 0 radical (unpaired) electrons. The van der Waals surface area contributed by atoms with Crippen LogP contribution in [0.25, 0.3) is 5.69 Å². The highest BCUT2D eigenvalue weighted by Gasteiger charge is 2.45. The van der Waals surface area contributed by atoms with Crippen LogP contribution < -0.4 is 20.2 Å². The smallest absolute Gasteiger partial charge is 0.350 e. The van der Waals surface area contributed by atoms with E-state index >= 15 is 0 Å². The summed E-state index contributed by atoms with van der Waals surface area (Å²) in [6.45, 7) is 0.460. The Bertz CT molecular complexity index is 2150. The Labute approximate surface area is 301 Å². The summed E-state index contributed by atoms with van der Waals surface area (Å²) in [5.41, 5.74) is 2.62. The average molecular weight is 711 g/mol. The third kappa shape index (κ3) is 7.04. The van der Waals surface area contributed by atoms with Gasteiger partial charge in [0, 0.05) is 48.1 Å². The quantitative estimate of drug-likeness (QED) is 0.174. The average Bonchev–Trinajstić information content (AvgIpc) is 3.85. The Morgan fingerprint density at radius 2 is 1.67 bits per heavy atom. The molecule has 256 valence electrons. The van der Waals surface area contributed by atoms with Crippen LogP contribution in [0.4, 0.5) is 11.4 Å². The molecular weight excluding hydrogens is 667 g/mol. The molecular formula is C35H38Cl2N8O4. The fourth-order valence-corrected chi connectivity index (χ4v) is 6.36. The number of aromatic nitrogens is 6. The summed E-state index contributed by atoms with van der Waals surface area (Å²) in [7, 11) is 0. The predicted octanol–water partition coefficient (Wildman–Crippen LogP) is 5.58. The third-order valence-corrected chi connectivity index (χ3v) is 9.24. The second kappa shape index (κ2) is 14.2. The second-order valence-corrected chi connectivity index (χ2v) is 12.6. The maximum Gasteiger partial charge on any atom is 0.350 e. The number of benzene rings is 3. The number of halogens is 2. The fraction of sp³-hybridized carbons (Fsp3) is 0.371. The first-order valence-electron chi connectivity index (χ1n) is 18.4. The van der Waals surface area contributed by atoms with Crippen LogP contribution in [0.5, 0.6) is 5.75 Å². The molecule has 0 bridgehead atoms. The van der Waals surface area contributed by atoms with E-state index in [0.29, 0.717) is 18.1 Å². The van der Waals surface area contributed by atoms with Crippen molar-refractivity contribution in [3.05, 3.63) is 112 Å². The van der Waals surface area contributed by atoms with Crippen LogP contribution in [0.15, 0.2) is 90.5 Å². The Morgan fingerprint density at radius 1 is 1.00 bits per heavy atom. The summed E-state index contributed by atoms with van der Waals surface area (Å²) in [5.74, 6) is -2.05. The molecule has 7 rings (SSSR count). The van der Waals surface area contributed by atoms with E-state index in [2.05, 4.69) is 25.0 Å². The standard InChI is InChI=1S/C35H38Cl2N8O4/c1-3-25(2)45-34(46)44(24-40-45)29-7-5-27(6-8-29)41-14-16-42(17-15-41)28-9-11-30(12-10-28)47-19-31-20-48-35(49-31,21-43-23-38-22-39-43)32-13-4-26(36)18-33(32)37/h4-13,18,22-25,31H,3,14-17,19-21H2,1-2H3/t25?,31-,35-/m1/s1/i19D2,20D2,31D. The third-order valence-electron chi connectivity index (χ3n) is 8.69. The minimum Gasteiger partial charge on any atom is -0.491 e. The first-order valence-corrected chi connectivity index (χ1v) is 16.6. The molecule has 2 aliphatic heterocycles. The van der Waals surface area contributed by atoms with Crippen LogP contribution in [0, 0.1) is 0 Å². The van der Waals surface area contributed by atoms with Crippen molar-refractivity contribution in [1.82, 2.24) is 29.1 Å². The van der Waals surface area contributed by atoms with Crippen LogP contribution in [0.2, 0.25) is 10.0 Å². The number of ether oxygens (including phenoxy) is 3. The largest absolute Gasteiger partial charge is 0.491 e. The monoisotopic (exact) mass is 709 g/mol. The lowest BCUT2D eigenvalue weighted by Crippen LogP contribution is -2.46. The maximum atomic E-state index is 12.8. The van der Waals surface area contributed by atoms with Crippen molar-refractivity contribution in [2.75, 3.05) is 49.1 Å². The molecule has 4 heterocycles. The van der Waals surface area contributed by atoms with Crippen molar-refractivity contribution in [1.29, 1.82) is 0 Å². The summed E-state index contributed by atoms with van der Waals surface area (Å²) >= 11 is 12.6. The summed E-state index contributed by atoms with van der Waals surface area (Å²) < 4.78 is 66.0. The highest BCUT2D eigenvalue weighted by molar-refractivity contribution is 6.35. The molecule has 12 nitrogen and oxygen atoms in total. The summed E-state index contributed by atoms with van der Waals surface area (Å²) in [5, 5.41) is 8.69. The zero-order valence-corrected chi connectivity index (χ0v) is 28.4. The van der Waals surface area contributed by atoms with Crippen LogP contribution in [-0.2, 0) is 21.8 Å². The van der Waals surface area contributed by atoms with Crippen LogP contribution in [-0.4, -0.2) is 74.5 Å². The SMILES string of the molecule is [2H]C([2H])(Oc1ccc(N2CCN(c3ccc(-n4cnn(C(C)CC)c4=O)cc3)CC2)cc1)[C@@]1([2H])O[C@](Cn2cncn2)(c2ccc(Cl)cc2Cl)OC1([2H])[2H]. The second-order valence-electron chi connectivity index (χ2n) is 11.8. The van der Waals surface area contributed by atoms with Gasteiger partial charge in [0.15, 0.2) is 0 Å². The minimum atomic E-state index is -3.08. The van der Waals surface area contributed by atoms with Crippen molar-refractivity contribution in [2.45, 2.75) is 44.7 Å². The van der Waals surface area contributed by atoms with Crippen molar-refractivity contribution in [3.8, 4) is 11.4 Å². The normalized spacial score (nSPS) is 24.4. The minimum absolute atomic E-state index is 0.0200. The van der Waals surface area contributed by atoms with Crippen molar-refractivity contribution >= 4 is 34.6 Å². The molecule has 2 aromatic heterocycles. The molecule has 3 atom stereocenters. The van der Waals surface area contributed by atoms with Gasteiger partial charge < -0.3 is 24.0 Å². The molecule has 2 saturated heterocycles. The van der Waals surface area contributed by atoms with Gasteiger partial charge in [-0.3, -0.25) is 0 Å². The molecule has 0 aliphatic carbocycles. The lowest BCUT2D eigenvalue weighted by molar-refractivity contribution is -0.190. The van der Waals surface area contributed by atoms with E-state index in [1.807, 2.05) is 38.1 Å². The van der Waals surface area contributed by atoms with E-state index in [0.717, 1.165) is 36.6 Å². The molecule has 0 spiro atoms. The Balaban J connectivity index is 1.02. The molecule has 0 amide bonds.